The highest BCUT2D eigenvalue weighted by atomic mass is 16.2. The second-order valence-corrected chi connectivity index (χ2v) is 5.76. The Hall–Kier alpha value is -1.39. The van der Waals surface area contributed by atoms with E-state index in [-0.39, 0.29) is 11.9 Å². The van der Waals surface area contributed by atoms with Crippen molar-refractivity contribution < 1.29 is 4.79 Å². The first kappa shape index (κ1) is 15.0. The van der Waals surface area contributed by atoms with E-state index < -0.39 is 0 Å². The molecule has 4 nitrogen and oxygen atoms in total. The molecule has 3 N–H and O–H groups in total. The Morgan fingerprint density at radius 3 is 2.70 bits per heavy atom. The maximum atomic E-state index is 12.0. The number of benzene rings is 1. The summed E-state index contributed by atoms with van der Waals surface area (Å²) in [5.41, 5.74) is 8.20. The number of aryl methyl sites for hydroxylation is 1. The Morgan fingerprint density at radius 2 is 2.10 bits per heavy atom. The second-order valence-electron chi connectivity index (χ2n) is 5.76. The van der Waals surface area contributed by atoms with Gasteiger partial charge in [0.1, 0.15) is 0 Å². The van der Waals surface area contributed by atoms with E-state index in [1.54, 1.807) is 0 Å². The van der Waals surface area contributed by atoms with Gasteiger partial charge in [-0.15, -0.1) is 0 Å². The quantitative estimate of drug-likeness (QED) is 0.882. The Bertz CT molecular complexity index is 444. The van der Waals surface area contributed by atoms with Crippen LogP contribution >= 0.6 is 0 Å². The van der Waals surface area contributed by atoms with E-state index in [1.165, 1.54) is 5.56 Å². The molecule has 2 atom stereocenters. The number of carbonyl (C=O) groups excluding carboxylic acids is 1. The first-order chi connectivity index (χ1) is 9.58. The van der Waals surface area contributed by atoms with Crippen molar-refractivity contribution in [2.75, 3.05) is 25.0 Å². The molecule has 0 aromatic heterocycles. The summed E-state index contributed by atoms with van der Waals surface area (Å²) in [6.07, 6.45) is 2.08. The van der Waals surface area contributed by atoms with Crippen LogP contribution in [0.5, 0.6) is 0 Å². The van der Waals surface area contributed by atoms with Crippen molar-refractivity contribution in [1.82, 2.24) is 4.90 Å². The molecule has 1 fully saturated rings. The Balaban J connectivity index is 1.82. The van der Waals surface area contributed by atoms with Gasteiger partial charge in [0.05, 0.1) is 6.54 Å². The van der Waals surface area contributed by atoms with Crippen molar-refractivity contribution in [3.8, 4) is 0 Å². The van der Waals surface area contributed by atoms with Crippen LogP contribution in [0.25, 0.3) is 0 Å². The molecule has 4 heteroatoms. The summed E-state index contributed by atoms with van der Waals surface area (Å²) in [6, 6.07) is 8.20. The van der Waals surface area contributed by atoms with Crippen LogP contribution in [0.15, 0.2) is 24.3 Å². The van der Waals surface area contributed by atoms with Gasteiger partial charge in [-0.25, -0.2) is 0 Å². The summed E-state index contributed by atoms with van der Waals surface area (Å²) in [5.74, 6) is 0.590. The molecule has 1 amide bonds. The molecular weight excluding hydrogens is 250 g/mol. The van der Waals surface area contributed by atoms with E-state index in [2.05, 4.69) is 24.1 Å². The fourth-order valence-electron chi connectivity index (χ4n) is 2.54. The maximum absolute atomic E-state index is 12.0. The Kier molecular flexibility index (Phi) is 5.15. The molecule has 1 saturated heterocycles. The molecule has 110 valence electrons. The minimum absolute atomic E-state index is 0.0380. The van der Waals surface area contributed by atoms with Gasteiger partial charge in [0, 0.05) is 18.3 Å². The number of likely N-dealkylation sites (tertiary alicyclic amines) is 1. The van der Waals surface area contributed by atoms with Gasteiger partial charge in [0.15, 0.2) is 0 Å². The standard InChI is InChI=1S/C16H25N3O/c1-3-13-4-6-14(7-5-13)18-16(20)11-19-9-8-12(2)15(17)10-19/h4-7,12,15H,3,8-11,17H2,1-2H3,(H,18,20). The lowest BCUT2D eigenvalue weighted by Gasteiger charge is -2.34. The molecule has 0 spiro atoms. The van der Waals surface area contributed by atoms with Crippen LogP contribution in [0.3, 0.4) is 0 Å². The summed E-state index contributed by atoms with van der Waals surface area (Å²) >= 11 is 0. The lowest BCUT2D eigenvalue weighted by atomic mass is 9.94. The van der Waals surface area contributed by atoms with Gasteiger partial charge < -0.3 is 11.1 Å². The fraction of sp³-hybridized carbons (Fsp3) is 0.562. The van der Waals surface area contributed by atoms with Gasteiger partial charge >= 0.3 is 0 Å². The van der Waals surface area contributed by atoms with Crippen LogP contribution in [0.4, 0.5) is 5.69 Å². The topological polar surface area (TPSA) is 58.4 Å². The Morgan fingerprint density at radius 1 is 1.40 bits per heavy atom. The van der Waals surface area contributed by atoms with Crippen LogP contribution in [0, 0.1) is 5.92 Å². The number of nitrogens with one attached hydrogen (secondary N) is 1. The van der Waals surface area contributed by atoms with E-state index in [4.69, 9.17) is 5.73 Å². The van der Waals surface area contributed by atoms with Crippen molar-refractivity contribution in [2.45, 2.75) is 32.7 Å². The number of rotatable bonds is 4. The molecule has 1 aromatic carbocycles. The molecule has 0 bridgehead atoms. The third kappa shape index (κ3) is 4.05. The average molecular weight is 275 g/mol. The first-order valence-electron chi connectivity index (χ1n) is 7.45. The van der Waals surface area contributed by atoms with Crippen LogP contribution < -0.4 is 11.1 Å². The molecule has 0 aliphatic carbocycles. The second kappa shape index (κ2) is 6.86. The molecule has 0 saturated carbocycles. The lowest BCUT2D eigenvalue weighted by molar-refractivity contribution is -0.117. The zero-order valence-corrected chi connectivity index (χ0v) is 12.4. The predicted octanol–water partition coefficient (Wildman–Crippen LogP) is 1.86. The van der Waals surface area contributed by atoms with Crippen LogP contribution in [0.1, 0.15) is 25.8 Å². The maximum Gasteiger partial charge on any atom is 0.238 e. The molecule has 1 aromatic rings. The van der Waals surface area contributed by atoms with E-state index in [0.717, 1.165) is 31.6 Å². The average Bonchev–Trinajstić information content (AvgIpc) is 2.44. The SMILES string of the molecule is CCc1ccc(NC(=O)CN2CCC(C)C(N)C2)cc1. The number of nitrogens with two attached hydrogens (primary N) is 1. The van der Waals surface area contributed by atoms with Gasteiger partial charge in [0.2, 0.25) is 5.91 Å². The molecule has 1 heterocycles. The third-order valence-electron chi connectivity index (χ3n) is 4.11. The Labute approximate surface area is 121 Å². The molecule has 2 unspecified atom stereocenters. The number of anilines is 1. The summed E-state index contributed by atoms with van der Waals surface area (Å²) in [7, 11) is 0. The fourth-order valence-corrected chi connectivity index (χ4v) is 2.54. The molecular formula is C16H25N3O. The zero-order valence-electron chi connectivity index (χ0n) is 12.4. The van der Waals surface area contributed by atoms with Crippen molar-refractivity contribution >= 4 is 11.6 Å². The number of carbonyl (C=O) groups is 1. The van der Waals surface area contributed by atoms with E-state index >= 15 is 0 Å². The van der Waals surface area contributed by atoms with Crippen LogP contribution in [-0.4, -0.2) is 36.5 Å². The monoisotopic (exact) mass is 275 g/mol. The summed E-state index contributed by atoms with van der Waals surface area (Å²) < 4.78 is 0. The van der Waals surface area contributed by atoms with E-state index in [9.17, 15) is 4.79 Å². The largest absolute Gasteiger partial charge is 0.326 e. The molecule has 1 aliphatic heterocycles. The zero-order chi connectivity index (χ0) is 14.5. The minimum Gasteiger partial charge on any atom is -0.326 e. The van der Waals surface area contributed by atoms with Gasteiger partial charge in [-0.3, -0.25) is 9.69 Å². The highest BCUT2D eigenvalue weighted by Gasteiger charge is 2.24. The van der Waals surface area contributed by atoms with Crippen LogP contribution in [0.2, 0.25) is 0 Å². The summed E-state index contributed by atoms with van der Waals surface area (Å²) in [6.45, 7) is 6.49. The first-order valence-corrected chi connectivity index (χ1v) is 7.45. The van der Waals surface area contributed by atoms with Gasteiger partial charge in [0.25, 0.3) is 0 Å². The number of amides is 1. The van der Waals surface area contributed by atoms with E-state index in [0.29, 0.717) is 12.5 Å². The summed E-state index contributed by atoms with van der Waals surface area (Å²) in [5, 5.41) is 2.95. The summed E-state index contributed by atoms with van der Waals surface area (Å²) in [4.78, 5) is 14.2. The molecule has 20 heavy (non-hydrogen) atoms. The van der Waals surface area contributed by atoms with Crippen LogP contribution in [-0.2, 0) is 11.2 Å². The van der Waals surface area contributed by atoms with E-state index in [1.807, 2.05) is 24.3 Å². The minimum atomic E-state index is 0.0380. The lowest BCUT2D eigenvalue weighted by Crippen LogP contribution is -2.49. The third-order valence-corrected chi connectivity index (χ3v) is 4.11. The number of nitrogens with zero attached hydrogens (tertiary/aromatic N) is 1. The highest BCUT2D eigenvalue weighted by Crippen LogP contribution is 2.15. The van der Waals surface area contributed by atoms with Gasteiger partial charge in [-0.2, -0.15) is 0 Å². The molecule has 2 rings (SSSR count). The molecule has 1 aliphatic rings. The molecule has 0 radical (unpaired) electrons. The van der Waals surface area contributed by atoms with Crippen molar-refractivity contribution in [3.05, 3.63) is 29.8 Å². The van der Waals surface area contributed by atoms with Crippen molar-refractivity contribution in [1.29, 1.82) is 0 Å². The highest BCUT2D eigenvalue weighted by molar-refractivity contribution is 5.92. The van der Waals surface area contributed by atoms with Gasteiger partial charge in [-0.05, 0) is 43.0 Å². The smallest absolute Gasteiger partial charge is 0.238 e. The number of piperidine rings is 1. The van der Waals surface area contributed by atoms with Crippen molar-refractivity contribution in [3.63, 3.8) is 0 Å². The van der Waals surface area contributed by atoms with Crippen molar-refractivity contribution in [2.24, 2.45) is 11.7 Å². The number of hydrogen-bond acceptors (Lipinski definition) is 3. The predicted molar refractivity (Wildman–Crippen MR) is 82.6 cm³/mol. The number of hydrogen-bond donors (Lipinski definition) is 2. The van der Waals surface area contributed by atoms with Gasteiger partial charge in [-0.1, -0.05) is 26.0 Å². The normalized spacial score (nSPS) is 23.6.